The van der Waals surface area contributed by atoms with Gasteiger partial charge in [-0.2, -0.15) is 0 Å². The fraction of sp³-hybridized carbons (Fsp3) is 0.818. The number of carboxylic acids is 1. The van der Waals surface area contributed by atoms with Crippen LogP contribution in [0.1, 0.15) is 27.2 Å². The van der Waals surface area contributed by atoms with Crippen LogP contribution >= 0.6 is 11.8 Å². The van der Waals surface area contributed by atoms with Gasteiger partial charge in [0.05, 0.1) is 11.9 Å². The van der Waals surface area contributed by atoms with Gasteiger partial charge in [0.25, 0.3) is 0 Å². The predicted molar refractivity (Wildman–Crippen MR) is 66.0 cm³/mol. The zero-order valence-electron chi connectivity index (χ0n) is 10.3. The summed E-state index contributed by atoms with van der Waals surface area (Å²) in [6.07, 6.45) is -0.596. The molecule has 0 spiro atoms. The molecule has 1 aliphatic heterocycles. The molecule has 1 amide bonds. The first-order valence-electron chi connectivity index (χ1n) is 5.55. The molecule has 1 fully saturated rings. The maximum absolute atomic E-state index is 11.9. The standard InChI is InChI=1S/C11H19NO4S/c1-11(2,3)17-6-9(14)12-5-7(13)4-8(12)10(15)16/h7-8,13H,4-6H2,1-3H3,(H,15,16)/t7-,8+/m1/s1. The van der Waals surface area contributed by atoms with Crippen LogP contribution in [0.4, 0.5) is 0 Å². The van der Waals surface area contributed by atoms with Crippen LogP contribution in [0.25, 0.3) is 0 Å². The smallest absolute Gasteiger partial charge is 0.326 e. The number of carbonyl (C=O) groups excluding carboxylic acids is 1. The normalized spacial score (nSPS) is 25.1. The zero-order chi connectivity index (χ0) is 13.2. The van der Waals surface area contributed by atoms with Crippen molar-refractivity contribution in [1.29, 1.82) is 0 Å². The van der Waals surface area contributed by atoms with Crippen LogP contribution in [0, 0.1) is 0 Å². The van der Waals surface area contributed by atoms with Crippen LogP contribution < -0.4 is 0 Å². The van der Waals surface area contributed by atoms with Crippen molar-refractivity contribution in [2.24, 2.45) is 0 Å². The third-order valence-electron chi connectivity index (χ3n) is 2.51. The van der Waals surface area contributed by atoms with Crippen molar-refractivity contribution in [2.75, 3.05) is 12.3 Å². The minimum Gasteiger partial charge on any atom is -0.480 e. The van der Waals surface area contributed by atoms with Crippen molar-refractivity contribution in [1.82, 2.24) is 4.90 Å². The van der Waals surface area contributed by atoms with E-state index in [1.54, 1.807) is 0 Å². The van der Waals surface area contributed by atoms with Crippen molar-refractivity contribution in [3.8, 4) is 0 Å². The van der Waals surface area contributed by atoms with Crippen LogP contribution in [0.5, 0.6) is 0 Å². The number of hydrogen-bond acceptors (Lipinski definition) is 4. The second-order valence-electron chi connectivity index (χ2n) is 5.19. The molecule has 1 heterocycles. The van der Waals surface area contributed by atoms with Crippen molar-refractivity contribution < 1.29 is 19.8 Å². The van der Waals surface area contributed by atoms with E-state index in [-0.39, 0.29) is 29.4 Å². The van der Waals surface area contributed by atoms with Crippen LogP contribution in [-0.2, 0) is 9.59 Å². The second kappa shape index (κ2) is 5.27. The summed E-state index contributed by atoms with van der Waals surface area (Å²) < 4.78 is -0.0350. The van der Waals surface area contributed by atoms with E-state index in [0.29, 0.717) is 0 Å². The van der Waals surface area contributed by atoms with Crippen molar-refractivity contribution in [3.63, 3.8) is 0 Å². The molecule has 2 N–H and O–H groups in total. The first-order chi connectivity index (χ1) is 7.70. The molecule has 0 saturated carbocycles. The molecule has 0 bridgehead atoms. The number of thioether (sulfide) groups is 1. The number of amides is 1. The minimum absolute atomic E-state index is 0.0350. The Morgan fingerprint density at radius 3 is 2.47 bits per heavy atom. The van der Waals surface area contributed by atoms with E-state index in [9.17, 15) is 14.7 Å². The summed E-state index contributed by atoms with van der Waals surface area (Å²) in [5.74, 6) is -1.01. The lowest BCUT2D eigenvalue weighted by Gasteiger charge is -2.23. The van der Waals surface area contributed by atoms with Gasteiger partial charge in [-0.1, -0.05) is 20.8 Å². The summed E-state index contributed by atoms with van der Waals surface area (Å²) in [5.41, 5.74) is 0. The number of likely N-dealkylation sites (tertiary alicyclic amines) is 1. The lowest BCUT2D eigenvalue weighted by atomic mass is 10.2. The Hall–Kier alpha value is -0.750. The Morgan fingerprint density at radius 1 is 1.41 bits per heavy atom. The van der Waals surface area contributed by atoms with E-state index >= 15 is 0 Å². The van der Waals surface area contributed by atoms with Gasteiger partial charge in [0.15, 0.2) is 0 Å². The SMILES string of the molecule is CC(C)(C)SCC(=O)N1C[C@H](O)C[C@H]1C(=O)O. The van der Waals surface area contributed by atoms with E-state index in [0.717, 1.165) is 0 Å². The summed E-state index contributed by atoms with van der Waals surface area (Å²) in [6.45, 7) is 6.12. The molecular formula is C11H19NO4S. The number of aliphatic hydroxyl groups excluding tert-OH is 1. The molecule has 1 rings (SSSR count). The monoisotopic (exact) mass is 261 g/mol. The largest absolute Gasteiger partial charge is 0.480 e. The Labute approximate surface area is 105 Å². The van der Waals surface area contributed by atoms with Crippen LogP contribution in [0.15, 0.2) is 0 Å². The molecule has 6 heteroatoms. The number of carboxylic acid groups (broad SMARTS) is 1. The quantitative estimate of drug-likeness (QED) is 0.776. The molecule has 17 heavy (non-hydrogen) atoms. The molecular weight excluding hydrogens is 242 g/mol. The van der Waals surface area contributed by atoms with Gasteiger partial charge in [0.2, 0.25) is 5.91 Å². The minimum atomic E-state index is -1.05. The van der Waals surface area contributed by atoms with Crippen molar-refractivity contribution in [2.45, 2.75) is 44.1 Å². The predicted octanol–water partition coefficient (Wildman–Crippen LogP) is 0.565. The van der Waals surface area contributed by atoms with Crippen molar-refractivity contribution >= 4 is 23.6 Å². The molecule has 1 saturated heterocycles. The van der Waals surface area contributed by atoms with E-state index < -0.39 is 18.1 Å². The average molecular weight is 261 g/mol. The molecule has 0 unspecified atom stereocenters. The highest BCUT2D eigenvalue weighted by Crippen LogP contribution is 2.25. The molecule has 0 aliphatic carbocycles. The Bertz CT molecular complexity index is 313. The lowest BCUT2D eigenvalue weighted by molar-refractivity contribution is -0.147. The summed E-state index contributed by atoms with van der Waals surface area (Å²) in [5, 5.41) is 18.4. The number of nitrogens with zero attached hydrogens (tertiary/aromatic N) is 1. The number of β-amino-alcohol motifs (C(OH)–C–C–N with tert-alkyl or cyclic N) is 1. The van der Waals surface area contributed by atoms with Gasteiger partial charge in [0, 0.05) is 17.7 Å². The number of hydrogen-bond donors (Lipinski definition) is 2. The molecule has 0 aromatic rings. The molecule has 0 aromatic heterocycles. The topological polar surface area (TPSA) is 77.8 Å². The van der Waals surface area contributed by atoms with Crippen LogP contribution in [-0.4, -0.2) is 56.2 Å². The lowest BCUT2D eigenvalue weighted by Crippen LogP contribution is -2.42. The Kier molecular flexibility index (Phi) is 4.43. The van der Waals surface area contributed by atoms with Crippen LogP contribution in [0.3, 0.4) is 0 Å². The summed E-state index contributed by atoms with van der Waals surface area (Å²) in [4.78, 5) is 24.1. The number of rotatable bonds is 3. The van der Waals surface area contributed by atoms with Gasteiger partial charge < -0.3 is 15.1 Å². The molecule has 2 atom stereocenters. The Morgan fingerprint density at radius 2 is 2.00 bits per heavy atom. The highest BCUT2D eigenvalue weighted by Gasteiger charge is 2.38. The summed E-state index contributed by atoms with van der Waals surface area (Å²) in [7, 11) is 0. The average Bonchev–Trinajstić information content (AvgIpc) is 2.55. The highest BCUT2D eigenvalue weighted by molar-refractivity contribution is 8.01. The first-order valence-corrected chi connectivity index (χ1v) is 6.53. The van der Waals surface area contributed by atoms with Gasteiger partial charge in [0.1, 0.15) is 6.04 Å². The van der Waals surface area contributed by atoms with Gasteiger partial charge >= 0.3 is 5.97 Å². The maximum atomic E-state index is 11.9. The van der Waals surface area contributed by atoms with E-state index in [4.69, 9.17) is 5.11 Å². The summed E-state index contributed by atoms with van der Waals surface area (Å²) >= 11 is 1.48. The van der Waals surface area contributed by atoms with Gasteiger partial charge in [-0.3, -0.25) is 4.79 Å². The van der Waals surface area contributed by atoms with Gasteiger partial charge in [-0.25, -0.2) is 4.79 Å². The highest BCUT2D eigenvalue weighted by atomic mass is 32.2. The van der Waals surface area contributed by atoms with E-state index in [1.807, 2.05) is 20.8 Å². The maximum Gasteiger partial charge on any atom is 0.326 e. The second-order valence-corrected chi connectivity index (χ2v) is 6.99. The van der Waals surface area contributed by atoms with Crippen molar-refractivity contribution in [3.05, 3.63) is 0 Å². The van der Waals surface area contributed by atoms with Gasteiger partial charge in [-0.15, -0.1) is 11.8 Å². The van der Waals surface area contributed by atoms with Crippen LogP contribution in [0.2, 0.25) is 0 Å². The zero-order valence-corrected chi connectivity index (χ0v) is 11.2. The first kappa shape index (κ1) is 14.3. The van der Waals surface area contributed by atoms with Gasteiger partial charge in [-0.05, 0) is 0 Å². The molecule has 0 radical (unpaired) electrons. The number of aliphatic hydroxyl groups is 1. The third-order valence-corrected chi connectivity index (χ3v) is 3.77. The fourth-order valence-corrected chi connectivity index (χ4v) is 2.41. The molecule has 0 aromatic carbocycles. The van der Waals surface area contributed by atoms with E-state index in [1.165, 1.54) is 16.7 Å². The molecule has 1 aliphatic rings. The number of aliphatic carboxylic acids is 1. The Balaban J connectivity index is 2.59. The third kappa shape index (κ3) is 4.20. The summed E-state index contributed by atoms with van der Waals surface area (Å²) in [6, 6.07) is -0.877. The fourth-order valence-electron chi connectivity index (χ4n) is 1.68. The van der Waals surface area contributed by atoms with E-state index in [2.05, 4.69) is 0 Å². The molecule has 98 valence electrons. The number of carbonyl (C=O) groups is 2. The molecule has 5 nitrogen and oxygen atoms in total.